The highest BCUT2D eigenvalue weighted by molar-refractivity contribution is 9.10. The van der Waals surface area contributed by atoms with Crippen LogP contribution >= 0.6 is 38.9 Å². The van der Waals surface area contributed by atoms with Gasteiger partial charge in [0, 0.05) is 17.1 Å². The molecule has 0 radical (unpaired) electrons. The minimum Gasteiger partial charge on any atom is -0.284 e. The van der Waals surface area contributed by atoms with Crippen LogP contribution in [0.25, 0.3) is 16.2 Å². The molecule has 5 heteroatoms. The van der Waals surface area contributed by atoms with Crippen molar-refractivity contribution in [3.63, 3.8) is 0 Å². The molecule has 1 aromatic carbocycles. The van der Waals surface area contributed by atoms with E-state index in [-0.39, 0.29) is 0 Å². The van der Waals surface area contributed by atoms with Gasteiger partial charge in [-0.1, -0.05) is 29.8 Å². The maximum absolute atomic E-state index is 6.16. The summed E-state index contributed by atoms with van der Waals surface area (Å²) in [6, 6.07) is 7.72. The van der Waals surface area contributed by atoms with Gasteiger partial charge < -0.3 is 0 Å². The van der Waals surface area contributed by atoms with Gasteiger partial charge in [-0.25, -0.2) is 4.98 Å². The Kier molecular flexibility index (Phi) is 2.50. The van der Waals surface area contributed by atoms with Crippen molar-refractivity contribution in [2.45, 2.75) is 0 Å². The van der Waals surface area contributed by atoms with E-state index in [1.54, 1.807) is 11.3 Å². The van der Waals surface area contributed by atoms with Crippen LogP contribution in [0.4, 0.5) is 0 Å². The first-order valence-electron chi connectivity index (χ1n) is 4.63. The van der Waals surface area contributed by atoms with Crippen molar-refractivity contribution in [1.29, 1.82) is 0 Å². The van der Waals surface area contributed by atoms with Crippen LogP contribution in [-0.2, 0) is 0 Å². The van der Waals surface area contributed by atoms with Crippen molar-refractivity contribution in [3.8, 4) is 11.3 Å². The molecule has 3 rings (SSSR count). The molecule has 0 atom stereocenters. The molecule has 80 valence electrons. The van der Waals surface area contributed by atoms with E-state index >= 15 is 0 Å². The lowest BCUT2D eigenvalue weighted by molar-refractivity contribution is 1.19. The van der Waals surface area contributed by atoms with E-state index in [4.69, 9.17) is 11.6 Å². The fraction of sp³-hybridized carbons (Fsp3) is 0. The zero-order valence-corrected chi connectivity index (χ0v) is 11.2. The van der Waals surface area contributed by atoms with Gasteiger partial charge in [0.25, 0.3) is 0 Å². The second-order valence-corrected chi connectivity index (χ2v) is 5.32. The van der Waals surface area contributed by atoms with Crippen LogP contribution < -0.4 is 0 Å². The molecule has 0 saturated heterocycles. The lowest BCUT2D eigenvalue weighted by Crippen LogP contribution is -1.81. The minimum absolute atomic E-state index is 0.717. The third kappa shape index (κ3) is 1.49. The predicted molar refractivity (Wildman–Crippen MR) is 71.2 cm³/mol. The number of imidazole rings is 1. The Morgan fingerprint density at radius 3 is 2.88 bits per heavy atom. The van der Waals surface area contributed by atoms with Crippen LogP contribution in [0.2, 0.25) is 5.02 Å². The average Bonchev–Trinajstić information content (AvgIpc) is 2.83. The van der Waals surface area contributed by atoms with Gasteiger partial charge in [0.05, 0.1) is 5.02 Å². The van der Waals surface area contributed by atoms with E-state index in [9.17, 15) is 0 Å². The number of nitrogens with zero attached hydrogens (tertiary/aromatic N) is 2. The largest absolute Gasteiger partial charge is 0.284 e. The van der Waals surface area contributed by atoms with Gasteiger partial charge >= 0.3 is 0 Å². The SMILES string of the molecule is Clc1ccccc1-c1nc2sccn2c1Br. The Hall–Kier alpha value is -0.840. The van der Waals surface area contributed by atoms with Crippen molar-refractivity contribution >= 4 is 43.8 Å². The summed E-state index contributed by atoms with van der Waals surface area (Å²) in [5.74, 6) is 0. The molecule has 0 amide bonds. The number of aromatic nitrogens is 2. The molecule has 0 unspecified atom stereocenters. The van der Waals surface area contributed by atoms with Gasteiger partial charge in [-0.3, -0.25) is 4.40 Å². The number of rotatable bonds is 1. The molecule has 0 fully saturated rings. The highest BCUT2D eigenvalue weighted by Crippen LogP contribution is 2.34. The summed E-state index contributed by atoms with van der Waals surface area (Å²) in [6.07, 6.45) is 1.98. The van der Waals surface area contributed by atoms with Crippen LogP contribution in [-0.4, -0.2) is 9.38 Å². The van der Waals surface area contributed by atoms with E-state index in [0.717, 1.165) is 20.8 Å². The second kappa shape index (κ2) is 3.87. The highest BCUT2D eigenvalue weighted by Gasteiger charge is 2.14. The number of halogens is 2. The average molecular weight is 314 g/mol. The Bertz CT molecular complexity index is 659. The first-order chi connectivity index (χ1) is 7.77. The Balaban J connectivity index is 2.30. The van der Waals surface area contributed by atoms with Crippen LogP contribution in [0.3, 0.4) is 0 Å². The fourth-order valence-electron chi connectivity index (χ4n) is 1.58. The van der Waals surface area contributed by atoms with E-state index in [2.05, 4.69) is 20.9 Å². The molecule has 2 aromatic heterocycles. The van der Waals surface area contributed by atoms with E-state index in [1.807, 2.05) is 40.2 Å². The van der Waals surface area contributed by atoms with Crippen LogP contribution in [0.5, 0.6) is 0 Å². The summed E-state index contributed by atoms with van der Waals surface area (Å²) in [5.41, 5.74) is 1.84. The third-order valence-corrected chi connectivity index (χ3v) is 4.18. The van der Waals surface area contributed by atoms with E-state index < -0.39 is 0 Å². The van der Waals surface area contributed by atoms with Gasteiger partial charge in [-0.05, 0) is 22.0 Å². The molecule has 0 aliphatic rings. The van der Waals surface area contributed by atoms with Gasteiger partial charge in [-0.15, -0.1) is 11.3 Å². The monoisotopic (exact) mass is 312 g/mol. The van der Waals surface area contributed by atoms with Crippen LogP contribution in [0.1, 0.15) is 0 Å². The molecular weight excluding hydrogens is 308 g/mol. The molecule has 2 nitrogen and oxygen atoms in total. The number of hydrogen-bond acceptors (Lipinski definition) is 2. The summed E-state index contributed by atoms with van der Waals surface area (Å²) in [7, 11) is 0. The summed E-state index contributed by atoms with van der Waals surface area (Å²) in [5, 5.41) is 2.72. The minimum atomic E-state index is 0.717. The lowest BCUT2D eigenvalue weighted by Gasteiger charge is -2.00. The predicted octanol–water partition coefficient (Wildman–Crippen LogP) is 4.48. The molecule has 2 heterocycles. The molecule has 0 aliphatic heterocycles. The van der Waals surface area contributed by atoms with Gasteiger partial charge in [-0.2, -0.15) is 0 Å². The molecule has 0 N–H and O–H groups in total. The van der Waals surface area contributed by atoms with Gasteiger partial charge in [0.2, 0.25) is 0 Å². The van der Waals surface area contributed by atoms with Crippen LogP contribution in [0, 0.1) is 0 Å². The molecule has 0 spiro atoms. The van der Waals surface area contributed by atoms with Gasteiger partial charge in [0.15, 0.2) is 4.96 Å². The molecule has 16 heavy (non-hydrogen) atoms. The number of fused-ring (bicyclic) bond motifs is 1. The summed E-state index contributed by atoms with van der Waals surface area (Å²) < 4.78 is 2.94. The summed E-state index contributed by atoms with van der Waals surface area (Å²) in [4.78, 5) is 5.51. The quantitative estimate of drug-likeness (QED) is 0.647. The Morgan fingerprint density at radius 2 is 2.12 bits per heavy atom. The molecular formula is C11H6BrClN2S. The third-order valence-electron chi connectivity index (χ3n) is 2.33. The first kappa shape index (κ1) is 10.3. The van der Waals surface area contributed by atoms with Crippen molar-refractivity contribution in [3.05, 3.63) is 45.5 Å². The van der Waals surface area contributed by atoms with E-state index in [1.165, 1.54) is 0 Å². The summed E-state index contributed by atoms with van der Waals surface area (Å²) in [6.45, 7) is 0. The normalized spacial score (nSPS) is 11.1. The van der Waals surface area contributed by atoms with E-state index in [0.29, 0.717) is 5.02 Å². The van der Waals surface area contributed by atoms with Crippen molar-refractivity contribution in [2.24, 2.45) is 0 Å². The standard InChI is InChI=1S/C11H6BrClN2S/c12-10-9(7-3-1-2-4-8(7)13)14-11-15(10)5-6-16-11/h1-6H. The summed E-state index contributed by atoms with van der Waals surface area (Å²) >= 11 is 11.3. The molecule has 0 bridgehead atoms. The lowest BCUT2D eigenvalue weighted by atomic mass is 10.2. The zero-order chi connectivity index (χ0) is 11.1. The Morgan fingerprint density at radius 1 is 1.31 bits per heavy atom. The molecule has 3 aromatic rings. The van der Waals surface area contributed by atoms with Crippen molar-refractivity contribution in [1.82, 2.24) is 9.38 Å². The topological polar surface area (TPSA) is 17.3 Å². The molecule has 0 saturated carbocycles. The van der Waals surface area contributed by atoms with Crippen LogP contribution in [0.15, 0.2) is 40.4 Å². The number of benzene rings is 1. The number of hydrogen-bond donors (Lipinski definition) is 0. The van der Waals surface area contributed by atoms with Gasteiger partial charge in [0.1, 0.15) is 10.3 Å². The van der Waals surface area contributed by atoms with Crippen molar-refractivity contribution in [2.75, 3.05) is 0 Å². The zero-order valence-electron chi connectivity index (χ0n) is 8.02. The Labute approximate surface area is 110 Å². The molecule has 0 aliphatic carbocycles. The maximum Gasteiger partial charge on any atom is 0.195 e. The number of thiazole rings is 1. The maximum atomic E-state index is 6.16. The van der Waals surface area contributed by atoms with Crippen molar-refractivity contribution < 1.29 is 0 Å². The fourth-order valence-corrected chi connectivity index (χ4v) is 3.23. The smallest absolute Gasteiger partial charge is 0.195 e. The highest BCUT2D eigenvalue weighted by atomic mass is 79.9. The second-order valence-electron chi connectivity index (χ2n) is 3.29. The first-order valence-corrected chi connectivity index (χ1v) is 6.68.